The number of rotatable bonds is 7. The zero-order valence-corrected chi connectivity index (χ0v) is 14.0. The van der Waals surface area contributed by atoms with E-state index in [-0.39, 0.29) is 23.2 Å². The van der Waals surface area contributed by atoms with E-state index in [0.717, 1.165) is 0 Å². The lowest BCUT2D eigenvalue weighted by Gasteiger charge is -2.28. The van der Waals surface area contributed by atoms with Crippen LogP contribution in [0.15, 0.2) is 0 Å². The van der Waals surface area contributed by atoms with Crippen molar-refractivity contribution in [3.8, 4) is 0 Å². The van der Waals surface area contributed by atoms with Crippen LogP contribution in [0.1, 0.15) is 13.3 Å². The maximum atomic E-state index is 11.5. The highest BCUT2D eigenvalue weighted by molar-refractivity contribution is 8.55. The van der Waals surface area contributed by atoms with Gasteiger partial charge in [-0.05, 0) is 18.3 Å². The van der Waals surface area contributed by atoms with Crippen molar-refractivity contribution in [1.82, 2.24) is 0 Å². The molecule has 1 rings (SSSR count). The maximum Gasteiger partial charge on any atom is 0.393 e. The highest BCUT2D eigenvalue weighted by Crippen LogP contribution is 2.68. The largest absolute Gasteiger partial charge is 0.756 e. The van der Waals surface area contributed by atoms with Gasteiger partial charge in [-0.15, -0.1) is 0 Å². The second kappa shape index (κ2) is 7.09. The summed E-state index contributed by atoms with van der Waals surface area (Å²) in [5.41, 5.74) is 0. The van der Waals surface area contributed by atoms with Crippen molar-refractivity contribution in [3.63, 3.8) is 0 Å². The lowest BCUT2D eigenvalue weighted by Crippen LogP contribution is -2.23. The first-order valence-corrected chi connectivity index (χ1v) is 11.5. The minimum atomic E-state index is -5.74. The molecular formula is C6H13O11P3S-2. The molecule has 0 amide bonds. The third kappa shape index (κ3) is 7.69. The maximum absolute atomic E-state index is 11.5. The van der Waals surface area contributed by atoms with Crippen molar-refractivity contribution in [2.45, 2.75) is 31.7 Å². The van der Waals surface area contributed by atoms with Gasteiger partial charge in [0.15, 0.2) is 0 Å². The summed E-state index contributed by atoms with van der Waals surface area (Å²) in [5, 5.41) is 9.54. The summed E-state index contributed by atoms with van der Waals surface area (Å²) in [6.07, 6.45) is -1.64. The zero-order valence-electron chi connectivity index (χ0n) is 10.5. The van der Waals surface area contributed by atoms with Gasteiger partial charge in [0.1, 0.15) is 0 Å². The predicted molar refractivity (Wildman–Crippen MR) is 66.8 cm³/mol. The molecule has 0 aromatic carbocycles. The molecule has 6 atom stereocenters. The van der Waals surface area contributed by atoms with Crippen molar-refractivity contribution in [3.05, 3.63) is 0 Å². The summed E-state index contributed by atoms with van der Waals surface area (Å²) < 4.78 is 44.8. The average molecular weight is 386 g/mol. The number of aliphatic hydroxyl groups excluding tert-OH is 1. The number of phosphoric acid groups is 2. The van der Waals surface area contributed by atoms with Crippen LogP contribution in [-0.2, 0) is 27.1 Å². The molecule has 0 aromatic heterocycles. The van der Waals surface area contributed by atoms with Crippen LogP contribution in [-0.4, -0.2) is 39.0 Å². The molecule has 0 radical (unpaired) electrons. The highest BCUT2D eigenvalue weighted by Gasteiger charge is 2.36. The Morgan fingerprint density at radius 3 is 2.29 bits per heavy atom. The third-order valence-electron chi connectivity index (χ3n) is 2.22. The summed E-state index contributed by atoms with van der Waals surface area (Å²) >= 11 is 0.113. The first-order valence-electron chi connectivity index (χ1n) is 5.38. The fourth-order valence-corrected chi connectivity index (χ4v) is 6.94. The van der Waals surface area contributed by atoms with Crippen LogP contribution in [0.25, 0.3) is 0 Å². The fraction of sp³-hybridized carbons (Fsp3) is 1.00. The Kier molecular flexibility index (Phi) is 6.67. The quantitative estimate of drug-likeness (QED) is 0.469. The molecular weight excluding hydrogens is 373 g/mol. The molecule has 0 saturated carbocycles. The first kappa shape index (κ1) is 19.8. The van der Waals surface area contributed by atoms with Crippen LogP contribution >= 0.6 is 33.8 Å². The van der Waals surface area contributed by atoms with Crippen molar-refractivity contribution in [2.24, 2.45) is 0 Å². The van der Waals surface area contributed by atoms with Gasteiger partial charge in [-0.1, -0.05) is 0 Å². The van der Waals surface area contributed by atoms with Crippen molar-refractivity contribution >= 4 is 33.8 Å². The van der Waals surface area contributed by atoms with Gasteiger partial charge in [0.05, 0.1) is 18.3 Å². The second-order valence-corrected chi connectivity index (χ2v) is 11.0. The van der Waals surface area contributed by atoms with Gasteiger partial charge in [0.2, 0.25) is 0 Å². The van der Waals surface area contributed by atoms with Crippen LogP contribution in [0.2, 0.25) is 0 Å². The van der Waals surface area contributed by atoms with E-state index in [2.05, 4.69) is 8.62 Å². The van der Waals surface area contributed by atoms with E-state index in [4.69, 9.17) is 9.63 Å². The molecule has 3 N–H and O–H groups in total. The molecule has 1 aliphatic rings. The van der Waals surface area contributed by atoms with E-state index >= 15 is 0 Å². The predicted octanol–water partition coefficient (Wildman–Crippen LogP) is -0.679. The van der Waals surface area contributed by atoms with Gasteiger partial charge in [-0.25, -0.2) is 13.2 Å². The Hall–Kier alpha value is 0.720. The van der Waals surface area contributed by atoms with E-state index in [9.17, 15) is 33.5 Å². The lowest BCUT2D eigenvalue weighted by atomic mass is 10.2. The summed E-state index contributed by atoms with van der Waals surface area (Å²) in [5.74, 6) is -0.270. The van der Waals surface area contributed by atoms with Crippen molar-refractivity contribution < 1.29 is 51.7 Å². The van der Waals surface area contributed by atoms with Gasteiger partial charge in [-0.3, -0.25) is 9.13 Å². The van der Waals surface area contributed by atoms with E-state index in [1.807, 2.05) is 0 Å². The molecule has 0 bridgehead atoms. The number of hydrogen-bond donors (Lipinski definition) is 3. The normalized spacial score (nSPS) is 34.9. The molecule has 15 heteroatoms. The third-order valence-corrected chi connectivity index (χ3v) is 8.30. The molecule has 6 unspecified atom stereocenters. The van der Waals surface area contributed by atoms with E-state index in [1.54, 1.807) is 6.92 Å². The summed E-state index contributed by atoms with van der Waals surface area (Å²) in [6.45, 7) is -3.17. The summed E-state index contributed by atoms with van der Waals surface area (Å²) in [6, 6.07) is 0. The van der Waals surface area contributed by atoms with Gasteiger partial charge in [0, 0.05) is 12.2 Å². The molecule has 126 valence electrons. The topological polar surface area (TPSA) is 186 Å². The summed E-state index contributed by atoms with van der Waals surface area (Å²) in [7, 11) is -11.4. The Labute approximate surface area is 123 Å². The van der Waals surface area contributed by atoms with Crippen LogP contribution in [0, 0.1) is 0 Å². The fourth-order valence-electron chi connectivity index (χ4n) is 1.55. The van der Waals surface area contributed by atoms with Gasteiger partial charge in [0.25, 0.3) is 15.6 Å². The number of ether oxygens (including phenoxy) is 1. The van der Waals surface area contributed by atoms with E-state index in [1.165, 1.54) is 0 Å². The van der Waals surface area contributed by atoms with E-state index < -0.39 is 34.7 Å². The standard InChI is InChI=1S/C6H15O11P3S/c1-4-2-5(7)6(15-4)3-21-20(13,14)17-19(11,12)16-18(8,9)10/h4-7H,2-3H2,1H3,(H,11,12)(H,13,14)(H2,8,9,10)/p-2. The van der Waals surface area contributed by atoms with Crippen molar-refractivity contribution in [2.75, 3.05) is 5.75 Å². The molecule has 1 saturated heterocycles. The van der Waals surface area contributed by atoms with Crippen LogP contribution < -0.4 is 9.79 Å². The lowest BCUT2D eigenvalue weighted by molar-refractivity contribution is -0.236. The Balaban J connectivity index is 2.56. The first-order chi connectivity index (χ1) is 9.30. The SMILES string of the molecule is CC1CC(O)C(CSP(=O)(O)OP(=O)([O-])OP(=O)([O-])O)O1. The molecule has 1 heterocycles. The van der Waals surface area contributed by atoms with Crippen LogP contribution in [0.3, 0.4) is 0 Å². The molecule has 0 aliphatic carbocycles. The molecule has 1 fully saturated rings. The van der Waals surface area contributed by atoms with Gasteiger partial charge in [-0.2, -0.15) is 0 Å². The zero-order chi connectivity index (χ0) is 16.5. The highest BCUT2D eigenvalue weighted by atomic mass is 32.7. The number of hydrogen-bond acceptors (Lipinski definition) is 10. The van der Waals surface area contributed by atoms with Crippen molar-refractivity contribution in [1.29, 1.82) is 0 Å². The molecule has 11 nitrogen and oxygen atoms in total. The summed E-state index contributed by atoms with van der Waals surface area (Å²) in [4.78, 5) is 38.8. The Morgan fingerprint density at radius 1 is 1.29 bits per heavy atom. The molecule has 0 aromatic rings. The molecule has 21 heavy (non-hydrogen) atoms. The second-order valence-electron chi connectivity index (χ2n) is 4.13. The smallest absolute Gasteiger partial charge is 0.393 e. The Bertz CT molecular complexity index is 504. The monoisotopic (exact) mass is 386 g/mol. The van der Waals surface area contributed by atoms with Gasteiger partial charge >= 0.3 is 6.80 Å². The average Bonchev–Trinajstić information content (AvgIpc) is 2.48. The van der Waals surface area contributed by atoms with Gasteiger partial charge < -0.3 is 29.4 Å². The van der Waals surface area contributed by atoms with Crippen LogP contribution in [0.5, 0.6) is 0 Å². The van der Waals surface area contributed by atoms with Crippen LogP contribution in [0.4, 0.5) is 0 Å². The molecule has 0 spiro atoms. The minimum Gasteiger partial charge on any atom is -0.756 e. The van der Waals surface area contributed by atoms with E-state index in [0.29, 0.717) is 6.42 Å². The Morgan fingerprint density at radius 2 is 1.86 bits per heavy atom. The number of aliphatic hydroxyl groups is 1. The molecule has 1 aliphatic heterocycles. The minimum absolute atomic E-state index is 0.113.